The minimum atomic E-state index is -0.627. The van der Waals surface area contributed by atoms with Crippen LogP contribution in [-0.2, 0) is 36.3 Å². The van der Waals surface area contributed by atoms with Crippen LogP contribution < -0.4 is 16.1 Å². The van der Waals surface area contributed by atoms with Gasteiger partial charge in [0.1, 0.15) is 13.2 Å². The van der Waals surface area contributed by atoms with Gasteiger partial charge in [0.25, 0.3) is 5.56 Å². The van der Waals surface area contributed by atoms with E-state index in [0.717, 1.165) is 35.5 Å². The first-order valence-corrected chi connectivity index (χ1v) is 12.1. The number of esters is 1. The minimum Gasteiger partial charge on any atom is -0.459 e. The van der Waals surface area contributed by atoms with Crippen molar-refractivity contribution in [1.29, 1.82) is 0 Å². The second kappa shape index (κ2) is 9.12. The molecule has 1 aliphatic heterocycles. The van der Waals surface area contributed by atoms with Gasteiger partial charge in [0, 0.05) is 26.2 Å². The van der Waals surface area contributed by atoms with Crippen LogP contribution in [0.1, 0.15) is 44.6 Å². The van der Waals surface area contributed by atoms with Crippen molar-refractivity contribution in [1.82, 2.24) is 18.7 Å². The number of ether oxygens (including phenoxy) is 1. The van der Waals surface area contributed by atoms with Crippen LogP contribution in [0.4, 0.5) is 5.95 Å². The van der Waals surface area contributed by atoms with Crippen molar-refractivity contribution in [2.45, 2.75) is 64.8 Å². The van der Waals surface area contributed by atoms with Crippen molar-refractivity contribution < 1.29 is 9.53 Å². The molecule has 2 aliphatic rings. The number of hydrogen-bond acceptors (Lipinski definition) is 6. The summed E-state index contributed by atoms with van der Waals surface area (Å²) in [6.07, 6.45) is 5.90. The second-order valence-electron chi connectivity index (χ2n) is 9.62. The predicted octanol–water partition coefficient (Wildman–Crippen LogP) is 2.43. The maximum atomic E-state index is 13.5. The average Bonchev–Trinajstić information content (AvgIpc) is 3.24. The number of rotatable bonds is 5. The summed E-state index contributed by atoms with van der Waals surface area (Å²) in [6, 6.07) is 9.70. The van der Waals surface area contributed by atoms with Gasteiger partial charge >= 0.3 is 11.7 Å². The molecular formula is C25H31N5O4. The largest absolute Gasteiger partial charge is 0.459 e. The molecule has 1 fully saturated rings. The summed E-state index contributed by atoms with van der Waals surface area (Å²) in [7, 11) is 1.60. The zero-order valence-electron chi connectivity index (χ0n) is 19.8. The minimum absolute atomic E-state index is 0.0902. The Morgan fingerprint density at radius 2 is 1.82 bits per heavy atom. The highest BCUT2D eigenvalue weighted by atomic mass is 16.5. The summed E-state index contributed by atoms with van der Waals surface area (Å²) in [4.78, 5) is 46.2. The Morgan fingerprint density at radius 1 is 1.09 bits per heavy atom. The van der Waals surface area contributed by atoms with E-state index in [9.17, 15) is 14.4 Å². The fraction of sp³-hybridized carbons (Fsp3) is 0.520. The molecule has 1 saturated carbocycles. The lowest BCUT2D eigenvalue weighted by Gasteiger charge is -2.40. The predicted molar refractivity (Wildman–Crippen MR) is 129 cm³/mol. The monoisotopic (exact) mass is 465 g/mol. The summed E-state index contributed by atoms with van der Waals surface area (Å²) in [5, 5.41) is 0. The van der Waals surface area contributed by atoms with Gasteiger partial charge in [0.05, 0.1) is 0 Å². The highest BCUT2D eigenvalue weighted by molar-refractivity contribution is 5.76. The van der Waals surface area contributed by atoms with Crippen molar-refractivity contribution in [3.05, 3.63) is 56.7 Å². The van der Waals surface area contributed by atoms with Crippen LogP contribution in [0.25, 0.3) is 11.2 Å². The second-order valence-corrected chi connectivity index (χ2v) is 9.62. The summed E-state index contributed by atoms with van der Waals surface area (Å²) in [6.45, 7) is 3.37. The van der Waals surface area contributed by atoms with Crippen LogP contribution in [0, 0.1) is 5.92 Å². The van der Waals surface area contributed by atoms with Crippen LogP contribution in [0.15, 0.2) is 39.9 Å². The first kappa shape index (κ1) is 22.4. The number of anilines is 1. The zero-order chi connectivity index (χ0) is 23.8. The fourth-order valence-corrected chi connectivity index (χ4v) is 5.30. The van der Waals surface area contributed by atoms with E-state index in [4.69, 9.17) is 9.72 Å². The van der Waals surface area contributed by atoms with E-state index in [-0.39, 0.29) is 6.61 Å². The van der Waals surface area contributed by atoms with Gasteiger partial charge in [-0.15, -0.1) is 0 Å². The van der Waals surface area contributed by atoms with E-state index >= 15 is 0 Å². The Bertz CT molecular complexity index is 1320. The van der Waals surface area contributed by atoms with Gasteiger partial charge in [-0.1, -0.05) is 56.5 Å². The molecule has 180 valence electrons. The number of nitrogens with zero attached hydrogens (tertiary/aromatic N) is 5. The number of hydrogen-bond donors (Lipinski definition) is 0. The van der Waals surface area contributed by atoms with Crippen LogP contribution in [-0.4, -0.2) is 37.2 Å². The van der Waals surface area contributed by atoms with Gasteiger partial charge in [0.15, 0.2) is 11.2 Å². The third-order valence-corrected chi connectivity index (χ3v) is 7.02. The topological polar surface area (TPSA) is 91.4 Å². The number of aromatic nitrogens is 4. The molecule has 0 amide bonds. The fourth-order valence-electron chi connectivity index (χ4n) is 5.30. The molecule has 0 saturated heterocycles. The van der Waals surface area contributed by atoms with Crippen molar-refractivity contribution in [2.24, 2.45) is 13.0 Å². The molecule has 1 aliphatic carbocycles. The molecule has 2 aromatic heterocycles. The van der Waals surface area contributed by atoms with Crippen molar-refractivity contribution in [3.8, 4) is 0 Å². The number of carbonyl (C=O) groups is 1. The Balaban J connectivity index is 1.50. The number of benzene rings is 1. The molecular weight excluding hydrogens is 434 g/mol. The van der Waals surface area contributed by atoms with Gasteiger partial charge < -0.3 is 14.2 Å². The van der Waals surface area contributed by atoms with E-state index in [0.29, 0.717) is 29.7 Å². The maximum absolute atomic E-state index is 13.5. The number of imidazole rings is 1. The summed E-state index contributed by atoms with van der Waals surface area (Å²) >= 11 is 0. The third-order valence-electron chi connectivity index (χ3n) is 7.02. The van der Waals surface area contributed by atoms with Crippen LogP contribution in [0.2, 0.25) is 0 Å². The Hall–Kier alpha value is -3.36. The van der Waals surface area contributed by atoms with Crippen LogP contribution in [0.3, 0.4) is 0 Å². The van der Waals surface area contributed by atoms with Crippen LogP contribution in [0.5, 0.6) is 0 Å². The Morgan fingerprint density at radius 3 is 2.56 bits per heavy atom. The van der Waals surface area contributed by atoms with E-state index in [1.54, 1.807) is 7.05 Å². The third kappa shape index (κ3) is 4.03. The lowest BCUT2D eigenvalue weighted by atomic mass is 9.93. The first-order chi connectivity index (χ1) is 16.4. The molecule has 0 radical (unpaired) electrons. The van der Waals surface area contributed by atoms with Gasteiger partial charge in [-0.05, 0) is 24.3 Å². The van der Waals surface area contributed by atoms with Gasteiger partial charge in [-0.3, -0.25) is 14.2 Å². The average molecular weight is 466 g/mol. The maximum Gasteiger partial charge on any atom is 0.333 e. The molecule has 1 atom stereocenters. The quantitative estimate of drug-likeness (QED) is 0.538. The van der Waals surface area contributed by atoms with Crippen molar-refractivity contribution in [3.63, 3.8) is 0 Å². The standard InChI is InChI=1S/C25H31N5O4/c1-17-13-28(19-11-7-4-8-12-19)24-26-22-21(29(24)14-17)23(32)30(25(33)27(22)2)15-20(31)34-16-18-9-5-3-6-10-18/h3,5-6,9-10,17,19H,4,7-8,11-16H2,1-2H3/t17-/m0/s1. The normalized spacial score (nSPS) is 18.8. The summed E-state index contributed by atoms with van der Waals surface area (Å²) < 4.78 is 9.61. The lowest BCUT2D eigenvalue weighted by molar-refractivity contribution is -0.145. The number of carbonyl (C=O) groups excluding carboxylic acids is 1. The highest BCUT2D eigenvalue weighted by Gasteiger charge is 2.33. The van der Waals surface area contributed by atoms with Crippen molar-refractivity contribution >= 4 is 23.1 Å². The Kier molecular flexibility index (Phi) is 6.02. The van der Waals surface area contributed by atoms with E-state index in [2.05, 4.69) is 11.8 Å². The van der Waals surface area contributed by atoms with E-state index in [1.165, 1.54) is 23.8 Å². The number of fused-ring (bicyclic) bond motifs is 3. The van der Waals surface area contributed by atoms with Crippen LogP contribution >= 0.6 is 0 Å². The SMILES string of the molecule is C[C@H]1CN(C2CCCCC2)c2nc3c(c(=O)n(CC(=O)OCc4ccccc4)c(=O)n3C)n2C1. The number of aryl methyl sites for hydroxylation is 1. The molecule has 9 heteroatoms. The first-order valence-electron chi connectivity index (χ1n) is 12.1. The van der Waals surface area contributed by atoms with Gasteiger partial charge in [-0.2, -0.15) is 4.98 Å². The zero-order valence-corrected chi connectivity index (χ0v) is 19.8. The molecule has 0 unspecified atom stereocenters. The van der Waals surface area contributed by atoms with E-state index in [1.807, 2.05) is 34.9 Å². The highest BCUT2D eigenvalue weighted by Crippen LogP contribution is 2.32. The molecule has 0 spiro atoms. The van der Waals surface area contributed by atoms with Gasteiger partial charge in [0.2, 0.25) is 5.95 Å². The van der Waals surface area contributed by atoms with Crippen molar-refractivity contribution in [2.75, 3.05) is 11.4 Å². The summed E-state index contributed by atoms with van der Waals surface area (Å²) in [5.41, 5.74) is 0.524. The van der Waals surface area contributed by atoms with Gasteiger partial charge in [-0.25, -0.2) is 9.36 Å². The van der Waals surface area contributed by atoms with E-state index < -0.39 is 23.8 Å². The smallest absolute Gasteiger partial charge is 0.333 e. The molecule has 34 heavy (non-hydrogen) atoms. The Labute approximate surface area is 197 Å². The molecule has 9 nitrogen and oxygen atoms in total. The molecule has 0 N–H and O–H groups in total. The molecule has 3 heterocycles. The molecule has 5 rings (SSSR count). The summed E-state index contributed by atoms with van der Waals surface area (Å²) in [5.74, 6) is 0.474. The molecule has 0 bridgehead atoms. The molecule has 1 aromatic carbocycles. The lowest BCUT2D eigenvalue weighted by Crippen LogP contribution is -2.45. The molecule has 3 aromatic rings.